The lowest BCUT2D eigenvalue weighted by atomic mass is 10.0. The maximum absolute atomic E-state index is 13.6. The maximum Gasteiger partial charge on any atom is 0.257 e. The van der Waals surface area contributed by atoms with Crippen LogP contribution in [0, 0.1) is 13.8 Å². The molecule has 2 unspecified atom stereocenters. The Balaban J connectivity index is 1.35. The number of nitrogens with one attached hydrogen (secondary N) is 1. The van der Waals surface area contributed by atoms with E-state index in [1.54, 1.807) is 29.2 Å². The van der Waals surface area contributed by atoms with Gasteiger partial charge in [0.2, 0.25) is 0 Å². The van der Waals surface area contributed by atoms with Crippen LogP contribution in [0.4, 0.5) is 0 Å². The van der Waals surface area contributed by atoms with E-state index in [1.165, 1.54) is 9.75 Å². The molecule has 0 bridgehead atoms. The van der Waals surface area contributed by atoms with Crippen LogP contribution < -0.4 is 20.2 Å². The molecule has 2 aromatic carbocycles. The first kappa shape index (κ1) is 23.9. The van der Waals surface area contributed by atoms with Crippen LogP contribution in [0.3, 0.4) is 0 Å². The van der Waals surface area contributed by atoms with Gasteiger partial charge in [-0.25, -0.2) is 0 Å². The number of aromatic nitrogens is 1. The van der Waals surface area contributed by atoms with Crippen LogP contribution in [0.2, 0.25) is 0 Å². The van der Waals surface area contributed by atoms with Crippen LogP contribution in [0.15, 0.2) is 76.4 Å². The number of hydrogen-bond acceptors (Lipinski definition) is 6. The minimum Gasteiger partial charge on any atom is -0.486 e. The Kier molecular flexibility index (Phi) is 6.30. The number of thiophene rings is 1. The molecule has 0 aliphatic carbocycles. The molecule has 4 aromatic rings. The van der Waals surface area contributed by atoms with Crippen molar-refractivity contribution in [1.82, 2.24) is 9.88 Å². The van der Waals surface area contributed by atoms with E-state index in [2.05, 4.69) is 41.1 Å². The normalized spacial score (nSPS) is 17.9. The summed E-state index contributed by atoms with van der Waals surface area (Å²) >= 11 is 3.54. The summed E-state index contributed by atoms with van der Waals surface area (Å²) in [5.41, 5.74) is 2.47. The van der Waals surface area contributed by atoms with Gasteiger partial charge in [0, 0.05) is 43.8 Å². The SMILES string of the molecule is Cc1ccc(C2Cc3c(C(=O)NCC4COc5ccccc5O4)c(=O)cc(C)n3-c3ccccc3S2)s1. The molecule has 2 aliphatic heterocycles. The number of carbonyl (C=O) groups is 1. The molecule has 188 valence electrons. The van der Waals surface area contributed by atoms with Crippen LogP contribution in [0.1, 0.15) is 36.8 Å². The van der Waals surface area contributed by atoms with E-state index >= 15 is 0 Å². The van der Waals surface area contributed by atoms with Crippen molar-refractivity contribution in [3.8, 4) is 17.2 Å². The van der Waals surface area contributed by atoms with Crippen LogP contribution in [-0.2, 0) is 6.42 Å². The van der Waals surface area contributed by atoms with Crippen molar-refractivity contribution in [1.29, 1.82) is 0 Å². The molecule has 6 rings (SSSR count). The third-order valence-corrected chi connectivity index (χ3v) is 9.18. The van der Waals surface area contributed by atoms with Gasteiger partial charge in [-0.05, 0) is 50.2 Å². The summed E-state index contributed by atoms with van der Waals surface area (Å²) in [7, 11) is 0. The molecule has 0 radical (unpaired) electrons. The van der Waals surface area contributed by atoms with Gasteiger partial charge in [0.1, 0.15) is 18.3 Å². The second-order valence-electron chi connectivity index (χ2n) is 9.24. The number of carbonyl (C=O) groups excluding carboxylic acids is 1. The molecule has 4 heterocycles. The van der Waals surface area contributed by atoms with Gasteiger partial charge in [0.25, 0.3) is 5.91 Å². The second-order valence-corrected chi connectivity index (χ2v) is 11.8. The predicted octanol–water partition coefficient (Wildman–Crippen LogP) is 5.48. The zero-order chi connectivity index (χ0) is 25.5. The topological polar surface area (TPSA) is 69.6 Å². The zero-order valence-electron chi connectivity index (χ0n) is 20.5. The van der Waals surface area contributed by atoms with Crippen molar-refractivity contribution < 1.29 is 14.3 Å². The standard InChI is InChI=1S/C29H26N2O4S2/c1-17-13-22(32)28(29(33)30-15-19-16-34-23-8-4-5-9-24(23)35-19)21-14-27(26-12-11-18(2)36-26)37-25-10-6-3-7-20(25)31(17)21/h3-13,19,27H,14-16H2,1-2H3,(H,30,33). The van der Waals surface area contributed by atoms with Gasteiger partial charge in [-0.1, -0.05) is 24.3 Å². The summed E-state index contributed by atoms with van der Waals surface area (Å²) in [5.74, 6) is 0.958. The maximum atomic E-state index is 13.6. The van der Waals surface area contributed by atoms with Crippen LogP contribution in [-0.4, -0.2) is 29.7 Å². The third kappa shape index (κ3) is 4.55. The molecule has 2 aliphatic rings. The number of para-hydroxylation sites is 3. The van der Waals surface area contributed by atoms with E-state index in [4.69, 9.17) is 9.47 Å². The van der Waals surface area contributed by atoms with E-state index in [1.807, 2.05) is 43.3 Å². The fraction of sp³-hybridized carbons (Fsp3) is 0.241. The Hall–Kier alpha value is -3.49. The lowest BCUT2D eigenvalue weighted by Gasteiger charge is -2.26. The number of thioether (sulfide) groups is 1. The summed E-state index contributed by atoms with van der Waals surface area (Å²) in [5, 5.41) is 3.04. The molecule has 0 spiro atoms. The Morgan fingerprint density at radius 3 is 2.65 bits per heavy atom. The van der Waals surface area contributed by atoms with Gasteiger partial charge in [0.15, 0.2) is 16.9 Å². The quantitative estimate of drug-likeness (QED) is 0.379. The fourth-order valence-corrected chi connectivity index (χ4v) is 7.25. The van der Waals surface area contributed by atoms with E-state index in [-0.39, 0.29) is 34.8 Å². The second kappa shape index (κ2) is 9.76. The molecule has 37 heavy (non-hydrogen) atoms. The van der Waals surface area contributed by atoms with Crippen molar-refractivity contribution in [2.45, 2.75) is 36.5 Å². The molecule has 6 nitrogen and oxygen atoms in total. The van der Waals surface area contributed by atoms with Gasteiger partial charge in [-0.2, -0.15) is 0 Å². The van der Waals surface area contributed by atoms with Gasteiger partial charge in [-0.15, -0.1) is 23.1 Å². The van der Waals surface area contributed by atoms with Crippen molar-refractivity contribution in [3.63, 3.8) is 0 Å². The van der Waals surface area contributed by atoms with Gasteiger partial charge < -0.3 is 19.4 Å². The van der Waals surface area contributed by atoms with E-state index < -0.39 is 0 Å². The third-order valence-electron chi connectivity index (χ3n) is 6.62. The molecule has 0 fully saturated rings. The summed E-state index contributed by atoms with van der Waals surface area (Å²) in [4.78, 5) is 30.5. The van der Waals surface area contributed by atoms with Gasteiger partial charge >= 0.3 is 0 Å². The van der Waals surface area contributed by atoms with Crippen LogP contribution >= 0.6 is 23.1 Å². The highest BCUT2D eigenvalue weighted by molar-refractivity contribution is 7.99. The smallest absolute Gasteiger partial charge is 0.257 e. The van der Waals surface area contributed by atoms with E-state index in [0.717, 1.165) is 22.0 Å². The predicted molar refractivity (Wildman–Crippen MR) is 147 cm³/mol. The first-order chi connectivity index (χ1) is 18.0. The summed E-state index contributed by atoms with van der Waals surface area (Å²) < 4.78 is 13.9. The van der Waals surface area contributed by atoms with Gasteiger partial charge in [-0.3, -0.25) is 9.59 Å². The first-order valence-electron chi connectivity index (χ1n) is 12.2. The average Bonchev–Trinajstić information content (AvgIpc) is 3.25. The number of aryl methyl sites for hydroxylation is 2. The highest BCUT2D eigenvalue weighted by Gasteiger charge is 2.30. The number of rotatable bonds is 4. The molecule has 1 N–H and O–H groups in total. The highest BCUT2D eigenvalue weighted by Crippen LogP contribution is 2.46. The summed E-state index contributed by atoms with van der Waals surface area (Å²) in [6.07, 6.45) is 0.221. The zero-order valence-corrected chi connectivity index (χ0v) is 22.2. The van der Waals surface area contributed by atoms with Crippen molar-refractivity contribution in [2.75, 3.05) is 13.2 Å². The number of benzene rings is 2. The fourth-order valence-electron chi connectivity index (χ4n) is 4.92. The lowest BCUT2D eigenvalue weighted by Crippen LogP contribution is -2.42. The number of pyridine rings is 1. The largest absolute Gasteiger partial charge is 0.486 e. The molecular weight excluding hydrogens is 504 g/mol. The number of hydrogen-bond donors (Lipinski definition) is 1. The van der Waals surface area contributed by atoms with E-state index in [0.29, 0.717) is 24.5 Å². The molecular formula is C29H26N2O4S2. The summed E-state index contributed by atoms with van der Waals surface area (Å²) in [6, 6.07) is 21.5. The Morgan fingerprint density at radius 2 is 1.84 bits per heavy atom. The number of nitrogens with zero attached hydrogens (tertiary/aromatic N) is 1. The summed E-state index contributed by atoms with van der Waals surface area (Å²) in [6.45, 7) is 4.58. The molecule has 2 atom stereocenters. The highest BCUT2D eigenvalue weighted by atomic mass is 32.2. The number of amides is 1. The average molecular weight is 531 g/mol. The van der Waals surface area contributed by atoms with Gasteiger partial charge in [0.05, 0.1) is 12.2 Å². The molecule has 1 amide bonds. The van der Waals surface area contributed by atoms with Crippen molar-refractivity contribution in [2.24, 2.45) is 0 Å². The van der Waals surface area contributed by atoms with Crippen molar-refractivity contribution in [3.05, 3.63) is 104 Å². The number of ether oxygens (including phenoxy) is 2. The van der Waals surface area contributed by atoms with Crippen LogP contribution in [0.5, 0.6) is 11.5 Å². The lowest BCUT2D eigenvalue weighted by molar-refractivity contribution is 0.0787. The molecule has 0 saturated heterocycles. The Labute approximate surface area is 223 Å². The van der Waals surface area contributed by atoms with Crippen LogP contribution in [0.25, 0.3) is 5.69 Å². The molecule has 2 aromatic heterocycles. The Bertz CT molecular complexity index is 1560. The van der Waals surface area contributed by atoms with E-state index in [9.17, 15) is 9.59 Å². The minimum absolute atomic E-state index is 0.0907. The Morgan fingerprint density at radius 1 is 1.05 bits per heavy atom. The minimum atomic E-state index is -0.387. The monoisotopic (exact) mass is 530 g/mol. The molecule has 8 heteroatoms. The number of fused-ring (bicyclic) bond motifs is 4. The molecule has 0 saturated carbocycles. The van der Waals surface area contributed by atoms with Crippen molar-refractivity contribution >= 4 is 29.0 Å². The first-order valence-corrected chi connectivity index (χ1v) is 13.9.